The molecule has 0 saturated heterocycles. The zero-order valence-corrected chi connectivity index (χ0v) is 19.0. The third-order valence-corrected chi connectivity index (χ3v) is 7.64. The summed E-state index contributed by atoms with van der Waals surface area (Å²) in [6.07, 6.45) is 4.42. The first kappa shape index (κ1) is 20.9. The highest BCUT2D eigenvalue weighted by Crippen LogP contribution is 2.33. The second-order valence-electron chi connectivity index (χ2n) is 8.52. The fourth-order valence-corrected chi connectivity index (χ4v) is 6.07. The van der Waals surface area contributed by atoms with Gasteiger partial charge in [0.15, 0.2) is 0 Å². The number of H-pyrrole nitrogens is 1. The van der Waals surface area contributed by atoms with Gasteiger partial charge in [0.05, 0.1) is 11.2 Å². The molecule has 0 amide bonds. The van der Waals surface area contributed by atoms with E-state index in [2.05, 4.69) is 14.9 Å². The highest BCUT2D eigenvalue weighted by atomic mass is 32.2. The molecule has 0 spiro atoms. The molecule has 0 bridgehead atoms. The fourth-order valence-electron chi connectivity index (χ4n) is 4.58. The summed E-state index contributed by atoms with van der Waals surface area (Å²) < 4.78 is 35.2. The number of hydrogen-bond donors (Lipinski definition) is 2. The Balaban J connectivity index is 1.65. The Morgan fingerprint density at radius 3 is 2.56 bits per heavy atom. The number of sulfonamides is 1. The van der Waals surface area contributed by atoms with Crippen LogP contribution in [0, 0.1) is 13.8 Å². The van der Waals surface area contributed by atoms with Gasteiger partial charge < -0.3 is 9.51 Å². The van der Waals surface area contributed by atoms with Crippen molar-refractivity contribution in [3.05, 3.63) is 65.3 Å². The summed E-state index contributed by atoms with van der Waals surface area (Å²) in [4.78, 5) is 8.23. The quantitative estimate of drug-likeness (QED) is 0.445. The molecule has 4 aromatic rings. The second kappa shape index (κ2) is 8.18. The molecule has 2 N–H and O–H groups in total. The summed E-state index contributed by atoms with van der Waals surface area (Å²) in [7, 11) is -3.75. The number of aromatic amines is 1. The van der Waals surface area contributed by atoms with E-state index in [1.807, 2.05) is 50.2 Å². The number of nitrogens with one attached hydrogen (secondary N) is 2. The van der Waals surface area contributed by atoms with Crippen LogP contribution >= 0.6 is 0 Å². The first-order valence-electron chi connectivity index (χ1n) is 10.9. The fraction of sp³-hybridized carbons (Fsp3) is 0.333. The number of fused-ring (bicyclic) bond motifs is 1. The monoisotopic (exact) mass is 450 g/mol. The lowest BCUT2D eigenvalue weighted by atomic mass is 10.0. The average molecular weight is 451 g/mol. The van der Waals surface area contributed by atoms with E-state index < -0.39 is 10.0 Å². The average Bonchev–Trinajstić information content (AvgIpc) is 3.48. The van der Waals surface area contributed by atoms with Crippen molar-refractivity contribution in [1.29, 1.82) is 0 Å². The number of aromatic nitrogens is 3. The van der Waals surface area contributed by atoms with Gasteiger partial charge in [-0.15, -0.1) is 0 Å². The van der Waals surface area contributed by atoms with Crippen LogP contribution in [0.5, 0.6) is 0 Å². The van der Waals surface area contributed by atoms with Gasteiger partial charge in [-0.2, -0.15) is 0 Å². The molecule has 2 aromatic carbocycles. The third kappa shape index (κ3) is 3.96. The normalized spacial score (nSPS) is 15.1. The third-order valence-electron chi connectivity index (χ3n) is 6.10. The van der Waals surface area contributed by atoms with Gasteiger partial charge in [-0.3, -0.25) is 0 Å². The molecule has 166 valence electrons. The van der Waals surface area contributed by atoms with E-state index in [9.17, 15) is 8.42 Å². The largest absolute Gasteiger partial charge is 0.361 e. The van der Waals surface area contributed by atoms with E-state index in [0.717, 1.165) is 53.9 Å². The molecule has 1 aliphatic carbocycles. The predicted octanol–water partition coefficient (Wildman–Crippen LogP) is 4.65. The van der Waals surface area contributed by atoms with E-state index in [-0.39, 0.29) is 10.9 Å². The van der Waals surface area contributed by atoms with Gasteiger partial charge in [0.1, 0.15) is 22.0 Å². The Bertz CT molecular complexity index is 1350. The number of benzene rings is 2. The van der Waals surface area contributed by atoms with E-state index in [4.69, 9.17) is 9.51 Å². The van der Waals surface area contributed by atoms with Crippen molar-refractivity contribution in [2.75, 3.05) is 0 Å². The Labute approximate surface area is 187 Å². The maximum Gasteiger partial charge on any atom is 0.243 e. The van der Waals surface area contributed by atoms with E-state index in [1.165, 1.54) is 0 Å². The molecule has 0 atom stereocenters. The highest BCUT2D eigenvalue weighted by Gasteiger charge is 2.27. The summed E-state index contributed by atoms with van der Waals surface area (Å²) in [6.45, 7) is 3.69. The minimum Gasteiger partial charge on any atom is -0.361 e. The summed E-state index contributed by atoms with van der Waals surface area (Å²) in [5, 5.41) is 4.04. The summed E-state index contributed by atoms with van der Waals surface area (Å²) >= 11 is 0. The molecule has 8 heteroatoms. The first-order valence-corrected chi connectivity index (χ1v) is 12.4. The second-order valence-corrected chi connectivity index (χ2v) is 10.2. The lowest BCUT2D eigenvalue weighted by Crippen LogP contribution is -2.32. The van der Waals surface area contributed by atoms with Gasteiger partial charge in [0.2, 0.25) is 10.0 Å². The maximum absolute atomic E-state index is 13.5. The van der Waals surface area contributed by atoms with Crippen LogP contribution < -0.4 is 4.72 Å². The van der Waals surface area contributed by atoms with Crippen molar-refractivity contribution in [2.45, 2.75) is 56.9 Å². The summed E-state index contributed by atoms with van der Waals surface area (Å²) in [6, 6.07) is 13.6. The Morgan fingerprint density at radius 2 is 1.88 bits per heavy atom. The standard InChI is InChI=1S/C24H26N4O3S/c1-15-23(16(2)31-27-15)18-13-20-24(26-22(25-20)12-17-8-4-3-5-9-17)21(14-18)32(29,30)28-19-10-6-7-11-19/h3-5,8-9,13-14,19,28H,6-7,10-12H2,1-2H3,(H,25,26). The molecule has 2 heterocycles. The molecule has 1 saturated carbocycles. The molecule has 0 radical (unpaired) electrons. The molecular weight excluding hydrogens is 424 g/mol. The van der Waals surface area contributed by atoms with E-state index in [1.54, 1.807) is 6.07 Å². The van der Waals surface area contributed by atoms with Crippen LogP contribution in [-0.4, -0.2) is 29.6 Å². The van der Waals surface area contributed by atoms with Crippen molar-refractivity contribution in [3.8, 4) is 11.1 Å². The predicted molar refractivity (Wildman–Crippen MR) is 123 cm³/mol. The number of hydrogen-bond acceptors (Lipinski definition) is 5. The number of aryl methyl sites for hydroxylation is 2. The molecule has 7 nitrogen and oxygen atoms in total. The summed E-state index contributed by atoms with van der Waals surface area (Å²) in [5.41, 5.74) is 4.51. The molecule has 32 heavy (non-hydrogen) atoms. The van der Waals surface area contributed by atoms with Gasteiger partial charge in [-0.05, 0) is 49.9 Å². The van der Waals surface area contributed by atoms with Gasteiger partial charge in [0, 0.05) is 18.0 Å². The Kier molecular flexibility index (Phi) is 5.35. The van der Waals surface area contributed by atoms with Crippen molar-refractivity contribution in [2.24, 2.45) is 0 Å². The molecular formula is C24H26N4O3S. The Morgan fingerprint density at radius 1 is 1.12 bits per heavy atom. The molecule has 1 fully saturated rings. The smallest absolute Gasteiger partial charge is 0.243 e. The lowest BCUT2D eigenvalue weighted by Gasteiger charge is -2.14. The van der Waals surface area contributed by atoms with Crippen molar-refractivity contribution < 1.29 is 12.9 Å². The zero-order chi connectivity index (χ0) is 22.3. The minimum atomic E-state index is -3.75. The molecule has 0 aliphatic heterocycles. The lowest BCUT2D eigenvalue weighted by molar-refractivity contribution is 0.393. The zero-order valence-electron chi connectivity index (χ0n) is 18.2. The van der Waals surface area contributed by atoms with E-state index >= 15 is 0 Å². The van der Waals surface area contributed by atoms with Crippen molar-refractivity contribution in [3.63, 3.8) is 0 Å². The maximum atomic E-state index is 13.5. The van der Waals surface area contributed by atoms with Crippen LogP contribution in [-0.2, 0) is 16.4 Å². The molecule has 1 aliphatic rings. The topological polar surface area (TPSA) is 101 Å². The minimum absolute atomic E-state index is 0.0273. The summed E-state index contributed by atoms with van der Waals surface area (Å²) in [5.74, 6) is 1.37. The van der Waals surface area contributed by atoms with Crippen LogP contribution in [0.25, 0.3) is 22.2 Å². The Hall–Kier alpha value is -2.97. The number of nitrogens with zero attached hydrogens (tertiary/aromatic N) is 2. The van der Waals surface area contributed by atoms with Gasteiger partial charge >= 0.3 is 0 Å². The van der Waals surface area contributed by atoms with Crippen LogP contribution in [0.3, 0.4) is 0 Å². The SMILES string of the molecule is Cc1noc(C)c1-c1cc(S(=O)(=O)NC2CCCC2)c2nc(Cc3ccccc3)[nH]c2c1. The van der Waals surface area contributed by atoms with Crippen LogP contribution in [0.2, 0.25) is 0 Å². The van der Waals surface area contributed by atoms with Crippen LogP contribution in [0.4, 0.5) is 0 Å². The molecule has 5 rings (SSSR count). The van der Waals surface area contributed by atoms with Crippen molar-refractivity contribution in [1.82, 2.24) is 19.8 Å². The van der Waals surface area contributed by atoms with Crippen LogP contribution in [0.15, 0.2) is 51.9 Å². The number of rotatable bonds is 6. The van der Waals surface area contributed by atoms with E-state index in [0.29, 0.717) is 23.2 Å². The highest BCUT2D eigenvalue weighted by molar-refractivity contribution is 7.89. The molecule has 0 unspecified atom stereocenters. The van der Waals surface area contributed by atoms with Crippen molar-refractivity contribution >= 4 is 21.1 Å². The van der Waals surface area contributed by atoms with Gasteiger partial charge in [-0.1, -0.05) is 48.3 Å². The van der Waals surface area contributed by atoms with Gasteiger partial charge in [-0.25, -0.2) is 18.1 Å². The molecule has 2 aromatic heterocycles. The number of imidazole rings is 1. The first-order chi connectivity index (χ1) is 15.4. The van der Waals surface area contributed by atoms with Crippen LogP contribution in [0.1, 0.15) is 48.5 Å². The van der Waals surface area contributed by atoms with Gasteiger partial charge in [0.25, 0.3) is 0 Å².